The maximum absolute atomic E-state index is 12.6. The number of ether oxygens (including phenoxy) is 1. The highest BCUT2D eigenvalue weighted by atomic mass is 16.5. The highest BCUT2D eigenvalue weighted by Crippen LogP contribution is 2.24. The van der Waals surface area contributed by atoms with Crippen LogP contribution in [0.2, 0.25) is 0 Å². The van der Waals surface area contributed by atoms with Gasteiger partial charge in [-0.05, 0) is 42.5 Å². The molecule has 3 aliphatic heterocycles. The molecule has 0 aliphatic carbocycles. The predicted octanol–water partition coefficient (Wildman–Crippen LogP) is 0.241. The minimum atomic E-state index is -0.533. The molecule has 9 nitrogen and oxygen atoms in total. The average Bonchev–Trinajstić information content (AvgIpc) is 3.31. The van der Waals surface area contributed by atoms with Crippen LogP contribution < -0.4 is 10.6 Å². The van der Waals surface area contributed by atoms with Crippen LogP contribution in [0.3, 0.4) is 0 Å². The number of urea groups is 1. The number of benzene rings is 1. The fourth-order valence-electron chi connectivity index (χ4n) is 3.73. The van der Waals surface area contributed by atoms with Crippen LogP contribution in [-0.2, 0) is 32.1 Å². The third-order valence-electron chi connectivity index (χ3n) is 5.26. The summed E-state index contributed by atoms with van der Waals surface area (Å²) in [7, 11) is 0. The summed E-state index contributed by atoms with van der Waals surface area (Å²) in [6.07, 6.45) is 1.92. The molecule has 2 saturated heterocycles. The molecule has 9 heteroatoms. The van der Waals surface area contributed by atoms with Gasteiger partial charge in [-0.1, -0.05) is 6.07 Å². The molecule has 0 unspecified atom stereocenters. The monoisotopic (exact) mass is 386 g/mol. The third kappa shape index (κ3) is 3.84. The first-order chi connectivity index (χ1) is 13.5. The van der Waals surface area contributed by atoms with Crippen LogP contribution in [0.15, 0.2) is 18.2 Å². The van der Waals surface area contributed by atoms with Crippen LogP contribution in [-0.4, -0.2) is 65.9 Å². The van der Waals surface area contributed by atoms with Gasteiger partial charge in [0.05, 0.1) is 0 Å². The van der Waals surface area contributed by atoms with E-state index in [4.69, 9.17) is 4.74 Å². The van der Waals surface area contributed by atoms with Gasteiger partial charge in [-0.3, -0.25) is 19.7 Å². The molecular formula is C19H22N4O5. The second-order valence-electron chi connectivity index (χ2n) is 7.25. The van der Waals surface area contributed by atoms with Gasteiger partial charge in [-0.15, -0.1) is 0 Å². The molecule has 0 spiro atoms. The van der Waals surface area contributed by atoms with Crippen molar-refractivity contribution in [3.8, 4) is 0 Å². The van der Waals surface area contributed by atoms with E-state index >= 15 is 0 Å². The van der Waals surface area contributed by atoms with Crippen molar-refractivity contribution in [2.45, 2.75) is 31.9 Å². The molecule has 0 saturated carbocycles. The first kappa shape index (κ1) is 18.4. The molecule has 4 rings (SSSR count). The highest BCUT2D eigenvalue weighted by Gasteiger charge is 2.31. The van der Waals surface area contributed by atoms with Gasteiger partial charge in [0.25, 0.3) is 5.91 Å². The van der Waals surface area contributed by atoms with Gasteiger partial charge in [-0.25, -0.2) is 4.79 Å². The summed E-state index contributed by atoms with van der Waals surface area (Å²) in [5.41, 5.74) is 2.78. The van der Waals surface area contributed by atoms with Gasteiger partial charge in [0, 0.05) is 25.4 Å². The van der Waals surface area contributed by atoms with Gasteiger partial charge < -0.3 is 19.9 Å². The topological polar surface area (TPSA) is 108 Å². The van der Waals surface area contributed by atoms with E-state index in [1.807, 2.05) is 18.2 Å². The minimum absolute atomic E-state index is 0.0889. The molecule has 0 aromatic heterocycles. The zero-order valence-electron chi connectivity index (χ0n) is 15.4. The standard InChI is InChI=1S/C19H22N4O5/c24-16-10-23(19(27)21-16)11-17(25)22-6-5-12-3-4-14(8-13(12)9-22)20-18(26)15-2-1-7-28-15/h3-4,8,15H,1-2,5-7,9-11H2,(H,20,26)(H,21,24,27)/t15-/m1/s1. The molecule has 5 amide bonds. The van der Waals surface area contributed by atoms with Gasteiger partial charge in [0.15, 0.2) is 0 Å². The largest absolute Gasteiger partial charge is 0.368 e. The number of anilines is 1. The smallest absolute Gasteiger partial charge is 0.325 e. The molecule has 0 bridgehead atoms. The highest BCUT2D eigenvalue weighted by molar-refractivity contribution is 6.03. The zero-order valence-corrected chi connectivity index (χ0v) is 15.4. The number of hydrogen-bond donors (Lipinski definition) is 2. The second-order valence-corrected chi connectivity index (χ2v) is 7.25. The van der Waals surface area contributed by atoms with E-state index in [0.717, 1.165) is 24.0 Å². The number of nitrogens with zero attached hydrogens (tertiary/aromatic N) is 2. The molecule has 1 aromatic rings. The molecule has 148 valence electrons. The number of amides is 5. The first-order valence-corrected chi connectivity index (χ1v) is 9.40. The summed E-state index contributed by atoms with van der Waals surface area (Å²) in [6, 6.07) is 5.18. The fraction of sp³-hybridized carbons (Fsp3) is 0.474. The number of imide groups is 1. The van der Waals surface area contributed by atoms with Crippen molar-refractivity contribution in [3.63, 3.8) is 0 Å². The molecule has 28 heavy (non-hydrogen) atoms. The Morgan fingerprint density at radius 3 is 2.79 bits per heavy atom. The molecule has 0 radical (unpaired) electrons. The lowest BCUT2D eigenvalue weighted by Crippen LogP contribution is -2.43. The Balaban J connectivity index is 1.39. The van der Waals surface area contributed by atoms with Crippen LogP contribution >= 0.6 is 0 Å². The minimum Gasteiger partial charge on any atom is -0.368 e. The van der Waals surface area contributed by atoms with Crippen molar-refractivity contribution in [1.29, 1.82) is 0 Å². The van der Waals surface area contributed by atoms with Crippen molar-refractivity contribution < 1.29 is 23.9 Å². The maximum atomic E-state index is 12.6. The predicted molar refractivity (Wildman–Crippen MR) is 98.3 cm³/mol. The lowest BCUT2D eigenvalue weighted by Gasteiger charge is -2.30. The molecule has 2 fully saturated rings. The first-order valence-electron chi connectivity index (χ1n) is 9.40. The van der Waals surface area contributed by atoms with E-state index < -0.39 is 18.0 Å². The van der Waals surface area contributed by atoms with Gasteiger partial charge in [-0.2, -0.15) is 0 Å². The Labute approximate surface area is 162 Å². The molecule has 1 atom stereocenters. The second kappa shape index (κ2) is 7.59. The summed E-state index contributed by atoms with van der Waals surface area (Å²) in [6.45, 7) is 1.36. The van der Waals surface area contributed by atoms with E-state index in [2.05, 4.69) is 10.6 Å². The third-order valence-corrected chi connectivity index (χ3v) is 5.26. The van der Waals surface area contributed by atoms with Crippen LogP contribution in [0, 0.1) is 0 Å². The average molecular weight is 386 g/mol. The van der Waals surface area contributed by atoms with E-state index in [9.17, 15) is 19.2 Å². The number of rotatable bonds is 4. The van der Waals surface area contributed by atoms with E-state index in [-0.39, 0.29) is 24.9 Å². The molecule has 3 aliphatic rings. The van der Waals surface area contributed by atoms with Crippen LogP contribution in [0.4, 0.5) is 10.5 Å². The van der Waals surface area contributed by atoms with Crippen LogP contribution in [0.5, 0.6) is 0 Å². The lowest BCUT2D eigenvalue weighted by atomic mass is 9.99. The van der Waals surface area contributed by atoms with Gasteiger partial charge in [0.1, 0.15) is 19.2 Å². The van der Waals surface area contributed by atoms with Crippen molar-refractivity contribution in [2.75, 3.05) is 31.6 Å². The lowest BCUT2D eigenvalue weighted by molar-refractivity contribution is -0.132. The van der Waals surface area contributed by atoms with Crippen LogP contribution in [0.25, 0.3) is 0 Å². The SMILES string of the molecule is O=C1CN(CC(=O)N2CCc3ccc(NC(=O)[C@H]4CCCO4)cc3C2)C(=O)N1. The molecule has 1 aromatic carbocycles. The molecule has 2 N–H and O–H groups in total. The summed E-state index contributed by atoms with van der Waals surface area (Å²) in [4.78, 5) is 50.6. The van der Waals surface area contributed by atoms with Crippen molar-refractivity contribution >= 4 is 29.4 Å². The quantitative estimate of drug-likeness (QED) is 0.721. The zero-order chi connectivity index (χ0) is 19.7. The van der Waals surface area contributed by atoms with Crippen molar-refractivity contribution in [3.05, 3.63) is 29.3 Å². The fourth-order valence-corrected chi connectivity index (χ4v) is 3.73. The summed E-state index contributed by atoms with van der Waals surface area (Å²) in [5.74, 6) is -0.747. The van der Waals surface area contributed by atoms with E-state index in [1.54, 1.807) is 4.90 Å². The summed E-state index contributed by atoms with van der Waals surface area (Å²) >= 11 is 0. The van der Waals surface area contributed by atoms with Gasteiger partial charge >= 0.3 is 6.03 Å². The number of fused-ring (bicyclic) bond motifs is 1. The van der Waals surface area contributed by atoms with Crippen molar-refractivity contribution in [2.24, 2.45) is 0 Å². The normalized spacial score (nSPS) is 21.5. The Bertz CT molecular complexity index is 834. The summed E-state index contributed by atoms with van der Waals surface area (Å²) < 4.78 is 5.40. The Morgan fingerprint density at radius 1 is 1.21 bits per heavy atom. The molecule has 3 heterocycles. The number of nitrogens with one attached hydrogen (secondary N) is 2. The van der Waals surface area contributed by atoms with Crippen molar-refractivity contribution in [1.82, 2.24) is 15.1 Å². The van der Waals surface area contributed by atoms with Crippen LogP contribution in [0.1, 0.15) is 24.0 Å². The Morgan fingerprint density at radius 2 is 2.07 bits per heavy atom. The Hall–Kier alpha value is -2.94. The van der Waals surface area contributed by atoms with Gasteiger partial charge in [0.2, 0.25) is 11.8 Å². The maximum Gasteiger partial charge on any atom is 0.325 e. The number of hydrogen-bond acceptors (Lipinski definition) is 5. The molecular weight excluding hydrogens is 364 g/mol. The Kier molecular flexibility index (Phi) is 4.99. The number of carbonyl (C=O) groups is 4. The number of carbonyl (C=O) groups excluding carboxylic acids is 4. The summed E-state index contributed by atoms with van der Waals surface area (Å²) in [5, 5.41) is 5.05. The van der Waals surface area contributed by atoms with E-state index in [0.29, 0.717) is 31.8 Å². The van der Waals surface area contributed by atoms with E-state index in [1.165, 1.54) is 4.90 Å².